The van der Waals surface area contributed by atoms with E-state index in [0.29, 0.717) is 24.0 Å². The van der Waals surface area contributed by atoms with Gasteiger partial charge in [0, 0.05) is 13.7 Å². The van der Waals surface area contributed by atoms with Gasteiger partial charge in [0.1, 0.15) is 0 Å². The number of rotatable bonds is 8. The summed E-state index contributed by atoms with van der Waals surface area (Å²) in [6.07, 6.45) is 2.81. The molecule has 1 aromatic rings. The van der Waals surface area contributed by atoms with E-state index in [4.69, 9.17) is 4.74 Å². The minimum Gasteiger partial charge on any atom is -0.384 e. The fourth-order valence-corrected chi connectivity index (χ4v) is 3.54. The maximum atomic E-state index is 12.2. The lowest BCUT2D eigenvalue weighted by Gasteiger charge is -2.10. The summed E-state index contributed by atoms with van der Waals surface area (Å²) in [6.45, 7) is 3.18. The Bertz CT molecular complexity index is 522. The van der Waals surface area contributed by atoms with E-state index in [0.717, 1.165) is 37.9 Å². The molecule has 1 aliphatic heterocycles. The van der Waals surface area contributed by atoms with E-state index < -0.39 is 10.0 Å². The first kappa shape index (κ1) is 16.4. The van der Waals surface area contributed by atoms with E-state index in [1.807, 2.05) is 12.1 Å². The quantitative estimate of drug-likeness (QED) is 0.756. The van der Waals surface area contributed by atoms with Crippen LogP contribution < -0.4 is 10.0 Å². The lowest BCUT2D eigenvalue weighted by molar-refractivity contribution is 0.202. The Labute approximate surface area is 127 Å². The molecule has 21 heavy (non-hydrogen) atoms. The van der Waals surface area contributed by atoms with Crippen molar-refractivity contribution in [1.82, 2.24) is 10.0 Å². The molecule has 1 atom stereocenters. The van der Waals surface area contributed by atoms with Crippen LogP contribution in [0.4, 0.5) is 0 Å². The summed E-state index contributed by atoms with van der Waals surface area (Å²) < 4.78 is 32.1. The van der Waals surface area contributed by atoms with Crippen LogP contribution in [0.2, 0.25) is 0 Å². The zero-order valence-electron chi connectivity index (χ0n) is 12.5. The summed E-state index contributed by atoms with van der Waals surface area (Å²) in [6, 6.07) is 7.00. The van der Waals surface area contributed by atoms with Crippen LogP contribution in [-0.2, 0) is 21.2 Å². The third kappa shape index (κ3) is 5.07. The van der Waals surface area contributed by atoms with Crippen molar-refractivity contribution in [2.45, 2.75) is 24.2 Å². The minimum atomic E-state index is -3.39. The Morgan fingerprint density at radius 1 is 1.33 bits per heavy atom. The number of nitrogens with one attached hydrogen (secondary N) is 2. The third-order valence-electron chi connectivity index (χ3n) is 3.84. The summed E-state index contributed by atoms with van der Waals surface area (Å²) in [5.74, 6) is 0.587. The molecule has 118 valence electrons. The van der Waals surface area contributed by atoms with E-state index in [1.54, 1.807) is 19.2 Å². The van der Waals surface area contributed by atoms with E-state index >= 15 is 0 Å². The molecule has 2 rings (SSSR count). The highest BCUT2D eigenvalue weighted by Gasteiger charge is 2.17. The molecule has 0 saturated carbocycles. The van der Waals surface area contributed by atoms with Crippen LogP contribution in [-0.4, -0.2) is 41.8 Å². The Balaban J connectivity index is 1.85. The van der Waals surface area contributed by atoms with Gasteiger partial charge in [-0.05, 0) is 56.0 Å². The molecule has 0 bridgehead atoms. The van der Waals surface area contributed by atoms with Crippen molar-refractivity contribution in [1.29, 1.82) is 0 Å². The van der Waals surface area contributed by atoms with Crippen LogP contribution in [0.1, 0.15) is 18.4 Å². The van der Waals surface area contributed by atoms with Gasteiger partial charge in [0.05, 0.1) is 11.5 Å². The van der Waals surface area contributed by atoms with Crippen LogP contribution in [0.5, 0.6) is 0 Å². The third-order valence-corrected chi connectivity index (χ3v) is 5.31. The molecule has 0 spiro atoms. The highest BCUT2D eigenvalue weighted by Crippen LogP contribution is 2.13. The van der Waals surface area contributed by atoms with Crippen LogP contribution in [0, 0.1) is 5.92 Å². The van der Waals surface area contributed by atoms with Crippen molar-refractivity contribution < 1.29 is 13.2 Å². The zero-order valence-corrected chi connectivity index (χ0v) is 13.3. The fraction of sp³-hybridized carbons (Fsp3) is 0.600. The second-order valence-electron chi connectivity index (χ2n) is 5.43. The minimum absolute atomic E-state index is 0.327. The number of benzene rings is 1. The van der Waals surface area contributed by atoms with Gasteiger partial charge in [0.2, 0.25) is 10.0 Å². The molecule has 1 unspecified atom stereocenters. The van der Waals surface area contributed by atoms with Gasteiger partial charge in [-0.3, -0.25) is 0 Å². The zero-order chi connectivity index (χ0) is 15.1. The number of hydrogen-bond acceptors (Lipinski definition) is 4. The molecular formula is C15H24N2O3S. The van der Waals surface area contributed by atoms with E-state index in [-0.39, 0.29) is 0 Å². The Morgan fingerprint density at radius 3 is 2.71 bits per heavy atom. The van der Waals surface area contributed by atoms with Crippen LogP contribution in [0.25, 0.3) is 0 Å². The van der Waals surface area contributed by atoms with Crippen molar-refractivity contribution >= 4 is 10.0 Å². The molecule has 1 saturated heterocycles. The molecule has 1 heterocycles. The van der Waals surface area contributed by atoms with Crippen molar-refractivity contribution in [2.24, 2.45) is 5.92 Å². The molecule has 0 aliphatic carbocycles. The van der Waals surface area contributed by atoms with Crippen LogP contribution in [0.15, 0.2) is 29.2 Å². The van der Waals surface area contributed by atoms with Gasteiger partial charge < -0.3 is 10.1 Å². The van der Waals surface area contributed by atoms with Crippen LogP contribution >= 0.6 is 0 Å². The predicted octanol–water partition coefficient (Wildman–Crippen LogP) is 1.15. The normalized spacial score (nSPS) is 19.0. The lowest BCUT2D eigenvalue weighted by Crippen LogP contribution is -2.26. The van der Waals surface area contributed by atoms with Crippen molar-refractivity contribution in [3.63, 3.8) is 0 Å². The number of hydrogen-bond donors (Lipinski definition) is 2. The fourth-order valence-electron chi connectivity index (χ4n) is 2.50. The van der Waals surface area contributed by atoms with Crippen molar-refractivity contribution in [3.05, 3.63) is 29.8 Å². The average molecular weight is 312 g/mol. The Kier molecular flexibility index (Phi) is 6.17. The summed E-state index contributed by atoms with van der Waals surface area (Å²) in [5, 5.41) is 3.29. The van der Waals surface area contributed by atoms with E-state index in [1.165, 1.54) is 0 Å². The highest BCUT2D eigenvalue weighted by molar-refractivity contribution is 7.89. The van der Waals surface area contributed by atoms with Gasteiger partial charge >= 0.3 is 0 Å². The van der Waals surface area contributed by atoms with Gasteiger partial charge in [-0.15, -0.1) is 0 Å². The lowest BCUT2D eigenvalue weighted by atomic mass is 10.1. The van der Waals surface area contributed by atoms with Gasteiger partial charge in [-0.2, -0.15) is 0 Å². The van der Waals surface area contributed by atoms with Gasteiger partial charge in [-0.25, -0.2) is 13.1 Å². The first-order valence-electron chi connectivity index (χ1n) is 7.40. The number of sulfonamides is 1. The first-order chi connectivity index (χ1) is 10.1. The second-order valence-corrected chi connectivity index (χ2v) is 7.20. The highest BCUT2D eigenvalue weighted by atomic mass is 32.2. The van der Waals surface area contributed by atoms with Crippen LogP contribution in [0.3, 0.4) is 0 Å². The molecular weight excluding hydrogens is 288 g/mol. The van der Waals surface area contributed by atoms with E-state index in [2.05, 4.69) is 10.0 Å². The molecule has 5 nitrogen and oxygen atoms in total. The SMILES string of the molecule is COCCc1ccc(S(=O)(=O)NCCC2CCNC2)cc1. The molecule has 1 aliphatic rings. The average Bonchev–Trinajstić information content (AvgIpc) is 2.98. The Morgan fingerprint density at radius 2 is 2.10 bits per heavy atom. The predicted molar refractivity (Wildman–Crippen MR) is 82.8 cm³/mol. The van der Waals surface area contributed by atoms with E-state index in [9.17, 15) is 8.42 Å². The molecule has 6 heteroatoms. The molecule has 0 aromatic heterocycles. The molecule has 0 amide bonds. The topological polar surface area (TPSA) is 67.4 Å². The van der Waals surface area contributed by atoms with Crippen molar-refractivity contribution in [3.8, 4) is 0 Å². The molecule has 0 radical (unpaired) electrons. The molecule has 1 fully saturated rings. The second kappa shape index (κ2) is 7.89. The van der Waals surface area contributed by atoms with Gasteiger partial charge in [-0.1, -0.05) is 12.1 Å². The summed E-state index contributed by atoms with van der Waals surface area (Å²) >= 11 is 0. The molecule has 1 aromatic carbocycles. The van der Waals surface area contributed by atoms with Gasteiger partial charge in [0.25, 0.3) is 0 Å². The first-order valence-corrected chi connectivity index (χ1v) is 8.88. The maximum Gasteiger partial charge on any atom is 0.240 e. The maximum absolute atomic E-state index is 12.2. The van der Waals surface area contributed by atoms with Crippen molar-refractivity contribution in [2.75, 3.05) is 33.4 Å². The largest absolute Gasteiger partial charge is 0.384 e. The van der Waals surface area contributed by atoms with Gasteiger partial charge in [0.15, 0.2) is 0 Å². The summed E-state index contributed by atoms with van der Waals surface area (Å²) in [5.41, 5.74) is 1.08. The Hall–Kier alpha value is -0.950. The molecule has 2 N–H and O–H groups in total. The number of ether oxygens (including phenoxy) is 1. The smallest absolute Gasteiger partial charge is 0.240 e. The standard InChI is InChI=1S/C15H24N2O3S/c1-20-11-8-13-2-4-15(5-3-13)21(18,19)17-10-7-14-6-9-16-12-14/h2-5,14,16-17H,6-12H2,1H3. The number of methoxy groups -OCH3 is 1. The summed E-state index contributed by atoms with van der Waals surface area (Å²) in [7, 11) is -1.74. The monoisotopic (exact) mass is 312 g/mol. The summed E-state index contributed by atoms with van der Waals surface area (Å²) in [4.78, 5) is 0.327.